The maximum absolute atomic E-state index is 11.4. The molecule has 0 saturated carbocycles. The minimum absolute atomic E-state index is 0.301. The lowest BCUT2D eigenvalue weighted by molar-refractivity contribution is 0.307. The molecule has 0 amide bonds. The Balaban J connectivity index is 1.68. The van der Waals surface area contributed by atoms with Crippen molar-refractivity contribution < 1.29 is 4.74 Å². The van der Waals surface area contributed by atoms with Crippen LogP contribution in [0, 0.1) is 0 Å². The van der Waals surface area contributed by atoms with Crippen molar-refractivity contribution in [3.63, 3.8) is 0 Å². The lowest BCUT2D eigenvalue weighted by Crippen LogP contribution is -1.99. The molecule has 0 bridgehead atoms. The fraction of sp³-hybridized carbons (Fsp3) is 0.0556. The molecule has 0 aliphatic rings. The molecule has 6 nitrogen and oxygen atoms in total. The summed E-state index contributed by atoms with van der Waals surface area (Å²) in [7, 11) is 0. The van der Waals surface area contributed by atoms with Crippen molar-refractivity contribution in [2.75, 3.05) is 0 Å². The van der Waals surface area contributed by atoms with Crippen LogP contribution in [0.3, 0.4) is 0 Å². The number of imidazole rings is 1. The Morgan fingerprint density at radius 1 is 0.958 bits per heavy atom. The van der Waals surface area contributed by atoms with Gasteiger partial charge in [-0.3, -0.25) is 4.98 Å². The number of H-pyrrole nitrogens is 2. The summed E-state index contributed by atoms with van der Waals surface area (Å²) in [6.07, 6.45) is 1.59. The number of ether oxygens (including phenoxy) is 1. The molecule has 6 heteroatoms. The molecule has 118 valence electrons. The van der Waals surface area contributed by atoms with E-state index in [9.17, 15) is 4.79 Å². The van der Waals surface area contributed by atoms with Gasteiger partial charge >= 0.3 is 5.69 Å². The summed E-state index contributed by atoms with van der Waals surface area (Å²) in [6, 6.07) is 17.5. The van der Waals surface area contributed by atoms with Crippen molar-refractivity contribution >= 4 is 11.2 Å². The third kappa shape index (κ3) is 2.77. The van der Waals surface area contributed by atoms with Crippen LogP contribution in [-0.4, -0.2) is 19.9 Å². The minimum atomic E-state index is -0.301. The summed E-state index contributed by atoms with van der Waals surface area (Å²) in [5.41, 5.74) is 2.61. The van der Waals surface area contributed by atoms with Gasteiger partial charge in [0.25, 0.3) is 0 Å². The third-order valence-electron chi connectivity index (χ3n) is 3.63. The van der Waals surface area contributed by atoms with E-state index < -0.39 is 0 Å². The van der Waals surface area contributed by atoms with Crippen LogP contribution in [0.1, 0.15) is 5.56 Å². The fourth-order valence-corrected chi connectivity index (χ4v) is 2.47. The van der Waals surface area contributed by atoms with Crippen molar-refractivity contribution in [1.29, 1.82) is 0 Å². The Kier molecular flexibility index (Phi) is 3.55. The fourth-order valence-electron chi connectivity index (χ4n) is 2.47. The molecule has 4 rings (SSSR count). The smallest absolute Gasteiger partial charge is 0.325 e. The van der Waals surface area contributed by atoms with Crippen molar-refractivity contribution in [3.8, 4) is 17.1 Å². The molecule has 2 heterocycles. The Bertz CT molecular complexity index is 1040. The zero-order chi connectivity index (χ0) is 16.4. The first-order valence-electron chi connectivity index (χ1n) is 7.51. The lowest BCUT2D eigenvalue weighted by Gasteiger charge is -2.10. The second kappa shape index (κ2) is 6.00. The Labute approximate surface area is 137 Å². The molecule has 2 aromatic heterocycles. The zero-order valence-corrected chi connectivity index (χ0v) is 12.7. The normalized spacial score (nSPS) is 10.8. The van der Waals surface area contributed by atoms with Gasteiger partial charge in [0.05, 0.1) is 11.8 Å². The summed E-state index contributed by atoms with van der Waals surface area (Å²) in [4.78, 5) is 25.4. The predicted molar refractivity (Wildman–Crippen MR) is 90.7 cm³/mol. The lowest BCUT2D eigenvalue weighted by atomic mass is 10.2. The van der Waals surface area contributed by atoms with Crippen molar-refractivity contribution in [3.05, 3.63) is 76.8 Å². The number of nitrogens with one attached hydrogen (secondary N) is 2. The molecule has 0 spiro atoms. The van der Waals surface area contributed by atoms with E-state index in [1.807, 2.05) is 54.6 Å². The quantitative estimate of drug-likeness (QED) is 0.606. The molecule has 4 aromatic rings. The number of hydrogen-bond acceptors (Lipinski definition) is 4. The number of aromatic nitrogens is 4. The van der Waals surface area contributed by atoms with Gasteiger partial charge in [-0.1, -0.05) is 42.5 Å². The summed E-state index contributed by atoms with van der Waals surface area (Å²) in [5.74, 6) is 1.19. The molecule has 0 atom stereocenters. The average molecular weight is 318 g/mol. The molecule has 2 N–H and O–H groups in total. The minimum Gasteiger partial charge on any atom is -0.488 e. The van der Waals surface area contributed by atoms with E-state index in [-0.39, 0.29) is 5.69 Å². The van der Waals surface area contributed by atoms with Gasteiger partial charge in [-0.05, 0) is 17.7 Å². The van der Waals surface area contributed by atoms with Crippen LogP contribution in [0.25, 0.3) is 22.6 Å². The number of hydrogen-bond donors (Lipinski definition) is 2. The molecule has 0 aliphatic carbocycles. The van der Waals surface area contributed by atoms with Crippen LogP contribution in [0.15, 0.2) is 65.6 Å². The van der Waals surface area contributed by atoms with E-state index in [1.165, 1.54) is 0 Å². The molecule has 2 aromatic carbocycles. The van der Waals surface area contributed by atoms with Crippen LogP contribution in [-0.2, 0) is 6.61 Å². The van der Waals surface area contributed by atoms with Gasteiger partial charge in [-0.25, -0.2) is 14.8 Å². The maximum atomic E-state index is 11.4. The van der Waals surface area contributed by atoms with E-state index in [0.717, 1.165) is 11.1 Å². The summed E-state index contributed by atoms with van der Waals surface area (Å²) in [5, 5.41) is 0. The molecule has 0 fully saturated rings. The van der Waals surface area contributed by atoms with Gasteiger partial charge in [0.1, 0.15) is 17.9 Å². The van der Waals surface area contributed by atoms with Crippen molar-refractivity contribution in [2.45, 2.75) is 6.61 Å². The van der Waals surface area contributed by atoms with Gasteiger partial charge in [0, 0.05) is 0 Å². The summed E-state index contributed by atoms with van der Waals surface area (Å²) < 4.78 is 5.94. The Morgan fingerprint density at radius 3 is 2.62 bits per heavy atom. The molecular weight excluding hydrogens is 304 g/mol. The summed E-state index contributed by atoms with van der Waals surface area (Å²) in [6.45, 7) is 0.459. The Hall–Kier alpha value is -3.41. The maximum Gasteiger partial charge on any atom is 0.325 e. The number of fused-ring (bicyclic) bond motifs is 1. The number of benzene rings is 2. The van der Waals surface area contributed by atoms with Gasteiger partial charge in [0.2, 0.25) is 0 Å². The van der Waals surface area contributed by atoms with Crippen LogP contribution in [0.4, 0.5) is 0 Å². The topological polar surface area (TPSA) is 83.7 Å². The second-order valence-corrected chi connectivity index (χ2v) is 5.31. The Morgan fingerprint density at radius 2 is 1.75 bits per heavy atom. The molecule has 24 heavy (non-hydrogen) atoms. The van der Waals surface area contributed by atoms with Crippen LogP contribution >= 0.6 is 0 Å². The molecule has 0 radical (unpaired) electrons. The van der Waals surface area contributed by atoms with Crippen molar-refractivity contribution in [2.24, 2.45) is 0 Å². The second-order valence-electron chi connectivity index (χ2n) is 5.31. The van der Waals surface area contributed by atoms with E-state index in [2.05, 4.69) is 19.9 Å². The van der Waals surface area contributed by atoms with Gasteiger partial charge in [-0.2, -0.15) is 0 Å². The predicted octanol–water partition coefficient (Wildman–Crippen LogP) is 2.89. The molecule has 0 saturated heterocycles. The zero-order valence-electron chi connectivity index (χ0n) is 12.7. The first-order valence-corrected chi connectivity index (χ1v) is 7.51. The van der Waals surface area contributed by atoms with Crippen LogP contribution < -0.4 is 10.4 Å². The average Bonchev–Trinajstić information content (AvgIpc) is 3.00. The number of para-hydroxylation sites is 1. The number of nitrogens with zero attached hydrogens (tertiary/aromatic N) is 2. The highest BCUT2D eigenvalue weighted by molar-refractivity contribution is 5.73. The SMILES string of the molecule is O=c1[nH]c2cnc(-c3ccccc3OCc3ccccc3)nc2[nH]1. The standard InChI is InChI=1S/C18H14N4O2/c23-18-20-14-10-19-16(21-17(14)22-18)13-8-4-5-9-15(13)24-11-12-6-2-1-3-7-12/h1-10H,11H2,(H2,19,20,21,22,23). The van der Waals surface area contributed by atoms with Crippen molar-refractivity contribution in [1.82, 2.24) is 19.9 Å². The molecule has 0 aliphatic heterocycles. The van der Waals surface area contributed by atoms with E-state index in [4.69, 9.17) is 4.74 Å². The van der Waals surface area contributed by atoms with Crippen LogP contribution in [0.2, 0.25) is 0 Å². The van der Waals surface area contributed by atoms with Gasteiger partial charge in [-0.15, -0.1) is 0 Å². The largest absolute Gasteiger partial charge is 0.488 e. The first-order chi connectivity index (χ1) is 11.8. The highest BCUT2D eigenvalue weighted by atomic mass is 16.5. The highest BCUT2D eigenvalue weighted by Gasteiger charge is 2.11. The monoisotopic (exact) mass is 318 g/mol. The van der Waals surface area contributed by atoms with Crippen LogP contribution in [0.5, 0.6) is 5.75 Å². The third-order valence-corrected chi connectivity index (χ3v) is 3.63. The van der Waals surface area contributed by atoms with E-state index in [1.54, 1.807) is 6.20 Å². The molecular formula is C18H14N4O2. The first kappa shape index (κ1) is 14.2. The summed E-state index contributed by atoms with van der Waals surface area (Å²) >= 11 is 0. The van der Waals surface area contributed by atoms with Gasteiger partial charge < -0.3 is 9.72 Å². The number of aromatic amines is 2. The van der Waals surface area contributed by atoms with E-state index >= 15 is 0 Å². The highest BCUT2D eigenvalue weighted by Crippen LogP contribution is 2.28. The van der Waals surface area contributed by atoms with Gasteiger partial charge in [0.15, 0.2) is 11.5 Å². The molecule has 0 unspecified atom stereocenters. The van der Waals surface area contributed by atoms with E-state index in [0.29, 0.717) is 29.3 Å². The number of rotatable bonds is 4.